The van der Waals surface area contributed by atoms with Crippen molar-refractivity contribution in [1.82, 2.24) is 4.90 Å². The summed E-state index contributed by atoms with van der Waals surface area (Å²) in [6, 6.07) is 2.08. The van der Waals surface area contributed by atoms with Crippen LogP contribution in [-0.4, -0.2) is 23.8 Å². The van der Waals surface area contributed by atoms with Crippen molar-refractivity contribution in [3.63, 3.8) is 0 Å². The van der Waals surface area contributed by atoms with Crippen molar-refractivity contribution in [2.24, 2.45) is 5.41 Å². The monoisotopic (exact) mass is 329 g/mol. The van der Waals surface area contributed by atoms with Gasteiger partial charge in [0, 0.05) is 24.0 Å². The van der Waals surface area contributed by atoms with Gasteiger partial charge in [-0.1, -0.05) is 42.6 Å². The molecule has 0 radical (unpaired) electrons. The molecule has 0 unspecified atom stereocenters. The molecular weight excluding hydrogens is 302 g/mol. The number of hydrogen-bond acceptors (Lipinski definition) is 2. The molecule has 0 bridgehead atoms. The average molecular weight is 330 g/mol. The van der Waals surface area contributed by atoms with E-state index < -0.39 is 0 Å². The third-order valence-corrected chi connectivity index (χ3v) is 5.05. The smallest absolute Gasteiger partial charge is 0.105 e. The van der Waals surface area contributed by atoms with Gasteiger partial charge >= 0.3 is 0 Å². The van der Waals surface area contributed by atoms with Crippen molar-refractivity contribution < 1.29 is 4.42 Å². The lowest BCUT2D eigenvalue weighted by Crippen LogP contribution is -2.36. The third kappa shape index (κ3) is 4.96. The molecule has 1 aromatic heterocycles. The van der Waals surface area contributed by atoms with Crippen molar-refractivity contribution in [1.29, 1.82) is 0 Å². The third-order valence-electron chi connectivity index (χ3n) is 3.86. The van der Waals surface area contributed by atoms with Gasteiger partial charge in [-0.2, -0.15) is 0 Å². The molecule has 19 heavy (non-hydrogen) atoms. The average Bonchev–Trinajstić information content (AvgIpc) is 2.75. The Labute approximate surface area is 126 Å². The first-order valence-corrected chi connectivity index (χ1v) is 8.46. The van der Waals surface area contributed by atoms with E-state index in [4.69, 9.17) is 4.42 Å². The largest absolute Gasteiger partial charge is 0.469 e. The van der Waals surface area contributed by atoms with Crippen LogP contribution in [0.5, 0.6) is 0 Å². The fourth-order valence-electron chi connectivity index (χ4n) is 3.01. The SMILES string of the molecule is CCCC(CBr)(CCC)CN(C)Cc1ccoc1C. The minimum absolute atomic E-state index is 0.413. The fraction of sp³-hybridized carbons (Fsp3) is 0.750. The van der Waals surface area contributed by atoms with Crippen LogP contribution < -0.4 is 0 Å². The lowest BCUT2D eigenvalue weighted by atomic mass is 9.80. The molecule has 0 N–H and O–H groups in total. The maximum Gasteiger partial charge on any atom is 0.105 e. The molecule has 0 fully saturated rings. The van der Waals surface area contributed by atoms with E-state index in [2.05, 4.69) is 47.8 Å². The normalized spacial score (nSPS) is 12.3. The van der Waals surface area contributed by atoms with Crippen molar-refractivity contribution in [2.45, 2.75) is 53.0 Å². The summed E-state index contributed by atoms with van der Waals surface area (Å²) >= 11 is 3.75. The maximum atomic E-state index is 5.38. The van der Waals surface area contributed by atoms with Gasteiger partial charge in [0.15, 0.2) is 0 Å². The topological polar surface area (TPSA) is 16.4 Å². The molecule has 0 aliphatic heterocycles. The lowest BCUT2D eigenvalue weighted by Gasteiger charge is -2.35. The highest BCUT2D eigenvalue weighted by atomic mass is 79.9. The van der Waals surface area contributed by atoms with Gasteiger partial charge in [-0.25, -0.2) is 0 Å². The Morgan fingerprint density at radius 2 is 1.89 bits per heavy atom. The summed E-state index contributed by atoms with van der Waals surface area (Å²) in [5.41, 5.74) is 1.72. The van der Waals surface area contributed by atoms with Crippen LogP contribution in [0.3, 0.4) is 0 Å². The highest BCUT2D eigenvalue weighted by Crippen LogP contribution is 2.33. The molecule has 1 aromatic rings. The lowest BCUT2D eigenvalue weighted by molar-refractivity contribution is 0.165. The zero-order valence-corrected chi connectivity index (χ0v) is 14.4. The molecule has 0 saturated heterocycles. The second-order valence-electron chi connectivity index (χ2n) is 5.81. The molecule has 0 aliphatic carbocycles. The van der Waals surface area contributed by atoms with Crippen LogP contribution >= 0.6 is 15.9 Å². The number of hydrogen-bond donors (Lipinski definition) is 0. The predicted molar refractivity (Wildman–Crippen MR) is 85.8 cm³/mol. The van der Waals surface area contributed by atoms with Gasteiger partial charge in [-0.3, -0.25) is 0 Å². The zero-order chi connectivity index (χ0) is 14.3. The molecule has 1 heterocycles. The standard InChI is InChI=1S/C16H28BrNO/c1-5-8-16(12-17,9-6-2)13-18(4)11-15-7-10-19-14(15)3/h7,10H,5-6,8-9,11-13H2,1-4H3. The molecule has 0 aliphatic rings. The van der Waals surface area contributed by atoms with Crippen molar-refractivity contribution in [3.05, 3.63) is 23.7 Å². The molecule has 0 aromatic carbocycles. The van der Waals surface area contributed by atoms with Crippen LogP contribution in [0.1, 0.15) is 50.9 Å². The maximum absolute atomic E-state index is 5.38. The molecule has 110 valence electrons. The van der Waals surface area contributed by atoms with Crippen molar-refractivity contribution in [2.75, 3.05) is 18.9 Å². The Morgan fingerprint density at radius 1 is 1.26 bits per heavy atom. The van der Waals surface area contributed by atoms with Gasteiger partial charge in [0.1, 0.15) is 5.76 Å². The molecule has 0 spiro atoms. The van der Waals surface area contributed by atoms with Gasteiger partial charge < -0.3 is 9.32 Å². The Hall–Kier alpha value is -0.280. The minimum Gasteiger partial charge on any atom is -0.469 e. The van der Waals surface area contributed by atoms with Crippen LogP contribution in [0.25, 0.3) is 0 Å². The first-order valence-electron chi connectivity index (χ1n) is 7.34. The molecule has 0 saturated carbocycles. The molecule has 1 rings (SSSR count). The molecule has 3 heteroatoms. The van der Waals surface area contributed by atoms with E-state index in [0.29, 0.717) is 5.41 Å². The summed E-state index contributed by atoms with van der Waals surface area (Å²) in [7, 11) is 2.22. The van der Waals surface area contributed by atoms with Crippen LogP contribution in [-0.2, 0) is 6.54 Å². The van der Waals surface area contributed by atoms with Crippen LogP contribution in [0, 0.1) is 12.3 Å². The molecular formula is C16H28BrNO. The van der Waals surface area contributed by atoms with E-state index in [1.165, 1.54) is 31.2 Å². The molecule has 0 amide bonds. The van der Waals surface area contributed by atoms with Crippen molar-refractivity contribution >= 4 is 15.9 Å². The number of halogens is 1. The Kier molecular flexibility index (Phi) is 7.16. The Morgan fingerprint density at radius 3 is 2.32 bits per heavy atom. The summed E-state index contributed by atoms with van der Waals surface area (Å²) < 4.78 is 5.38. The predicted octanol–water partition coefficient (Wildman–Crippen LogP) is 5.00. The van der Waals surface area contributed by atoms with Crippen LogP contribution in [0.15, 0.2) is 16.7 Å². The number of nitrogens with zero attached hydrogens (tertiary/aromatic N) is 1. The van der Waals surface area contributed by atoms with Crippen molar-refractivity contribution in [3.8, 4) is 0 Å². The summed E-state index contributed by atoms with van der Waals surface area (Å²) in [6.45, 7) is 8.73. The number of rotatable bonds is 9. The fourth-order valence-corrected chi connectivity index (χ4v) is 3.75. The number of furan rings is 1. The second-order valence-corrected chi connectivity index (χ2v) is 6.37. The summed E-state index contributed by atoms with van der Waals surface area (Å²) in [5.74, 6) is 1.04. The quantitative estimate of drug-likeness (QED) is 0.592. The van der Waals surface area contributed by atoms with E-state index in [9.17, 15) is 0 Å². The highest BCUT2D eigenvalue weighted by Gasteiger charge is 2.28. The van der Waals surface area contributed by atoms with E-state index >= 15 is 0 Å². The van der Waals surface area contributed by atoms with Gasteiger partial charge in [-0.05, 0) is 38.3 Å². The van der Waals surface area contributed by atoms with E-state index in [-0.39, 0.29) is 0 Å². The van der Waals surface area contributed by atoms with E-state index in [1.54, 1.807) is 6.26 Å². The van der Waals surface area contributed by atoms with Gasteiger partial charge in [0.25, 0.3) is 0 Å². The number of aryl methyl sites for hydroxylation is 1. The minimum atomic E-state index is 0.413. The molecule has 0 atom stereocenters. The summed E-state index contributed by atoms with van der Waals surface area (Å²) in [5, 5.41) is 1.09. The van der Waals surface area contributed by atoms with Crippen LogP contribution in [0.2, 0.25) is 0 Å². The van der Waals surface area contributed by atoms with Crippen LogP contribution in [0.4, 0.5) is 0 Å². The Bertz CT molecular complexity index is 355. The highest BCUT2D eigenvalue weighted by molar-refractivity contribution is 9.09. The first kappa shape index (κ1) is 16.8. The molecule has 2 nitrogen and oxygen atoms in total. The second kappa shape index (κ2) is 8.11. The Balaban J connectivity index is 2.64. The summed E-state index contributed by atoms with van der Waals surface area (Å²) in [4.78, 5) is 2.43. The summed E-state index contributed by atoms with van der Waals surface area (Å²) in [6.07, 6.45) is 6.88. The van der Waals surface area contributed by atoms with E-state index in [1.807, 2.05) is 6.92 Å². The zero-order valence-electron chi connectivity index (χ0n) is 12.8. The van der Waals surface area contributed by atoms with Gasteiger partial charge in [0.05, 0.1) is 6.26 Å². The van der Waals surface area contributed by atoms with Gasteiger partial charge in [0.2, 0.25) is 0 Å². The van der Waals surface area contributed by atoms with Gasteiger partial charge in [-0.15, -0.1) is 0 Å². The van der Waals surface area contributed by atoms with E-state index in [0.717, 1.165) is 24.2 Å². The number of alkyl halides is 1. The first-order chi connectivity index (χ1) is 9.06.